The SMILES string of the molecule is CCOC(=O)C1=C(C)N=C(C)[C@@H](C(=O)OC)[C@@H]1c1ccc(Cl)cc1. The van der Waals surface area contributed by atoms with Crippen molar-refractivity contribution in [3.63, 3.8) is 0 Å². The van der Waals surface area contributed by atoms with Crippen molar-refractivity contribution in [2.75, 3.05) is 13.7 Å². The molecule has 1 aromatic carbocycles. The summed E-state index contributed by atoms with van der Waals surface area (Å²) >= 11 is 5.96. The van der Waals surface area contributed by atoms with Crippen LogP contribution < -0.4 is 0 Å². The molecule has 1 aromatic rings. The summed E-state index contributed by atoms with van der Waals surface area (Å²) in [5.41, 5.74) is 2.31. The van der Waals surface area contributed by atoms with Gasteiger partial charge in [-0.15, -0.1) is 0 Å². The highest BCUT2D eigenvalue weighted by Crippen LogP contribution is 2.40. The Labute approximate surface area is 146 Å². The van der Waals surface area contributed by atoms with E-state index in [0.717, 1.165) is 5.56 Å². The van der Waals surface area contributed by atoms with E-state index in [2.05, 4.69) is 4.99 Å². The Hall–Kier alpha value is -2.14. The van der Waals surface area contributed by atoms with Gasteiger partial charge in [0.05, 0.1) is 19.3 Å². The summed E-state index contributed by atoms with van der Waals surface area (Å²) in [6.07, 6.45) is 0. The predicted octanol–water partition coefficient (Wildman–Crippen LogP) is 3.52. The number of esters is 2. The van der Waals surface area contributed by atoms with Crippen LogP contribution in [0.25, 0.3) is 0 Å². The third kappa shape index (κ3) is 3.51. The molecule has 0 fully saturated rings. The largest absolute Gasteiger partial charge is 0.468 e. The van der Waals surface area contributed by atoms with Crippen LogP contribution in [0.15, 0.2) is 40.5 Å². The summed E-state index contributed by atoms with van der Waals surface area (Å²) in [6, 6.07) is 7.05. The van der Waals surface area contributed by atoms with Gasteiger partial charge in [0.15, 0.2) is 0 Å². The lowest BCUT2D eigenvalue weighted by molar-refractivity contribution is -0.144. The van der Waals surface area contributed by atoms with E-state index >= 15 is 0 Å². The summed E-state index contributed by atoms with van der Waals surface area (Å²) in [5, 5.41) is 0.577. The van der Waals surface area contributed by atoms with Crippen molar-refractivity contribution < 1.29 is 19.1 Å². The average molecular weight is 350 g/mol. The number of allylic oxidation sites excluding steroid dienone is 1. The molecule has 0 aliphatic carbocycles. The molecule has 5 nitrogen and oxygen atoms in total. The van der Waals surface area contributed by atoms with Gasteiger partial charge in [0.25, 0.3) is 0 Å². The first kappa shape index (κ1) is 18.2. The first-order valence-electron chi connectivity index (χ1n) is 7.67. The van der Waals surface area contributed by atoms with E-state index < -0.39 is 23.8 Å². The monoisotopic (exact) mass is 349 g/mol. The van der Waals surface area contributed by atoms with Crippen LogP contribution in [0.4, 0.5) is 0 Å². The Kier molecular flexibility index (Phi) is 5.78. The highest BCUT2D eigenvalue weighted by molar-refractivity contribution is 6.30. The average Bonchev–Trinajstić information content (AvgIpc) is 2.54. The molecule has 2 atom stereocenters. The molecule has 24 heavy (non-hydrogen) atoms. The number of nitrogens with zero attached hydrogens (tertiary/aromatic N) is 1. The van der Waals surface area contributed by atoms with E-state index in [9.17, 15) is 9.59 Å². The van der Waals surface area contributed by atoms with E-state index in [-0.39, 0.29) is 6.61 Å². The maximum atomic E-state index is 12.5. The minimum Gasteiger partial charge on any atom is -0.468 e. The molecule has 128 valence electrons. The lowest BCUT2D eigenvalue weighted by atomic mass is 9.75. The van der Waals surface area contributed by atoms with Gasteiger partial charge in [-0.2, -0.15) is 0 Å². The van der Waals surface area contributed by atoms with Gasteiger partial charge in [-0.05, 0) is 38.5 Å². The number of hydrogen-bond acceptors (Lipinski definition) is 5. The Bertz CT molecular complexity index is 706. The zero-order chi connectivity index (χ0) is 17.9. The quantitative estimate of drug-likeness (QED) is 0.780. The molecule has 1 aliphatic rings. The van der Waals surface area contributed by atoms with Crippen molar-refractivity contribution in [2.24, 2.45) is 10.9 Å². The molecule has 0 aromatic heterocycles. The number of benzene rings is 1. The second kappa shape index (κ2) is 7.62. The van der Waals surface area contributed by atoms with E-state index in [1.54, 1.807) is 45.0 Å². The molecule has 0 saturated heterocycles. The second-order valence-electron chi connectivity index (χ2n) is 5.50. The minimum atomic E-state index is -0.681. The number of aliphatic imine (C=N–C) groups is 1. The summed E-state index contributed by atoms with van der Waals surface area (Å²) < 4.78 is 10.1. The van der Waals surface area contributed by atoms with Crippen molar-refractivity contribution in [3.05, 3.63) is 46.1 Å². The summed E-state index contributed by atoms with van der Waals surface area (Å²) in [6.45, 7) is 5.48. The number of rotatable bonds is 4. The van der Waals surface area contributed by atoms with Gasteiger partial charge in [-0.1, -0.05) is 23.7 Å². The second-order valence-corrected chi connectivity index (χ2v) is 5.94. The molecular weight excluding hydrogens is 330 g/mol. The summed E-state index contributed by atoms with van der Waals surface area (Å²) in [4.78, 5) is 29.2. The zero-order valence-electron chi connectivity index (χ0n) is 14.1. The zero-order valence-corrected chi connectivity index (χ0v) is 14.9. The van der Waals surface area contributed by atoms with Gasteiger partial charge >= 0.3 is 11.9 Å². The van der Waals surface area contributed by atoms with Crippen LogP contribution in [-0.4, -0.2) is 31.4 Å². The number of carbonyl (C=O) groups is 2. The maximum absolute atomic E-state index is 12.5. The number of ether oxygens (including phenoxy) is 2. The molecular formula is C18H20ClNO4. The van der Waals surface area contributed by atoms with E-state index in [1.807, 2.05) is 0 Å². The van der Waals surface area contributed by atoms with Gasteiger partial charge in [0, 0.05) is 22.3 Å². The van der Waals surface area contributed by atoms with Gasteiger partial charge in [0.2, 0.25) is 0 Å². The van der Waals surface area contributed by atoms with E-state index in [4.69, 9.17) is 21.1 Å². The molecule has 0 saturated carbocycles. The van der Waals surface area contributed by atoms with Crippen molar-refractivity contribution in [1.82, 2.24) is 0 Å². The van der Waals surface area contributed by atoms with Gasteiger partial charge in [-0.25, -0.2) is 4.79 Å². The molecule has 0 bridgehead atoms. The van der Waals surface area contributed by atoms with Crippen LogP contribution in [-0.2, 0) is 19.1 Å². The molecule has 0 radical (unpaired) electrons. The van der Waals surface area contributed by atoms with Crippen LogP contribution in [0.5, 0.6) is 0 Å². The summed E-state index contributed by atoms with van der Waals surface area (Å²) in [5.74, 6) is -2.11. The lowest BCUT2D eigenvalue weighted by Gasteiger charge is -2.31. The Balaban J connectivity index is 2.62. The van der Waals surface area contributed by atoms with Gasteiger partial charge in [0.1, 0.15) is 5.92 Å². The van der Waals surface area contributed by atoms with Crippen LogP contribution in [0.2, 0.25) is 5.02 Å². The molecule has 2 rings (SSSR count). The number of halogens is 1. The number of carbonyl (C=O) groups excluding carboxylic acids is 2. The third-order valence-corrected chi connectivity index (χ3v) is 4.26. The summed E-state index contributed by atoms with van der Waals surface area (Å²) in [7, 11) is 1.32. The standard InChI is InChI=1S/C18H20ClNO4/c1-5-24-18(22)15-11(3)20-10(2)14(17(21)23-4)16(15)12-6-8-13(19)9-7-12/h6-9,14,16H,5H2,1-4H3/t14-,16+/m1/s1. The lowest BCUT2D eigenvalue weighted by Crippen LogP contribution is -2.36. The molecule has 6 heteroatoms. The fourth-order valence-electron chi connectivity index (χ4n) is 2.97. The molecule has 0 amide bonds. The van der Waals surface area contributed by atoms with Crippen molar-refractivity contribution in [1.29, 1.82) is 0 Å². The Morgan fingerprint density at radius 2 is 1.83 bits per heavy atom. The normalized spacial score (nSPS) is 20.5. The minimum absolute atomic E-state index is 0.245. The highest BCUT2D eigenvalue weighted by Gasteiger charge is 2.42. The Morgan fingerprint density at radius 1 is 1.21 bits per heavy atom. The first-order chi connectivity index (χ1) is 11.4. The van der Waals surface area contributed by atoms with Gasteiger partial charge < -0.3 is 9.47 Å². The van der Waals surface area contributed by atoms with Crippen LogP contribution in [0, 0.1) is 5.92 Å². The molecule has 1 aliphatic heterocycles. The fraction of sp³-hybridized carbons (Fsp3) is 0.389. The molecule has 0 spiro atoms. The van der Waals surface area contributed by atoms with Crippen LogP contribution >= 0.6 is 11.6 Å². The van der Waals surface area contributed by atoms with E-state index in [0.29, 0.717) is 22.0 Å². The smallest absolute Gasteiger partial charge is 0.336 e. The molecule has 0 N–H and O–H groups in total. The molecule has 1 heterocycles. The third-order valence-electron chi connectivity index (χ3n) is 4.01. The van der Waals surface area contributed by atoms with Crippen molar-refractivity contribution in [2.45, 2.75) is 26.7 Å². The van der Waals surface area contributed by atoms with Gasteiger partial charge in [-0.3, -0.25) is 9.79 Å². The predicted molar refractivity (Wildman–Crippen MR) is 92.1 cm³/mol. The van der Waals surface area contributed by atoms with Crippen LogP contribution in [0.1, 0.15) is 32.3 Å². The first-order valence-corrected chi connectivity index (χ1v) is 8.04. The van der Waals surface area contributed by atoms with Crippen LogP contribution in [0.3, 0.4) is 0 Å². The topological polar surface area (TPSA) is 65.0 Å². The Morgan fingerprint density at radius 3 is 2.38 bits per heavy atom. The maximum Gasteiger partial charge on any atom is 0.336 e. The highest BCUT2D eigenvalue weighted by atomic mass is 35.5. The number of hydrogen-bond donors (Lipinski definition) is 0. The van der Waals surface area contributed by atoms with Crippen molar-refractivity contribution in [3.8, 4) is 0 Å². The number of methoxy groups -OCH3 is 1. The van der Waals surface area contributed by atoms with Crippen molar-refractivity contribution >= 4 is 29.3 Å². The molecule has 0 unspecified atom stereocenters. The van der Waals surface area contributed by atoms with E-state index in [1.165, 1.54) is 7.11 Å². The fourth-order valence-corrected chi connectivity index (χ4v) is 3.10.